The van der Waals surface area contributed by atoms with E-state index in [1.807, 2.05) is 25.1 Å². The van der Waals surface area contributed by atoms with E-state index in [-0.39, 0.29) is 0 Å². The zero-order chi connectivity index (χ0) is 12.3. The summed E-state index contributed by atoms with van der Waals surface area (Å²) in [5.74, 6) is 2.39. The van der Waals surface area contributed by atoms with Gasteiger partial charge in [0.05, 0.1) is 0 Å². The molecule has 2 N–H and O–H groups in total. The van der Waals surface area contributed by atoms with Crippen LogP contribution >= 0.6 is 11.6 Å². The molecule has 0 bridgehead atoms. The highest BCUT2D eigenvalue weighted by Gasteiger charge is 2.06. The van der Waals surface area contributed by atoms with E-state index in [1.165, 1.54) is 0 Å². The van der Waals surface area contributed by atoms with Crippen LogP contribution in [0.25, 0.3) is 0 Å². The van der Waals surface area contributed by atoms with Crippen molar-refractivity contribution in [1.29, 1.82) is 0 Å². The van der Waals surface area contributed by atoms with Crippen LogP contribution in [-0.4, -0.2) is 0 Å². The summed E-state index contributed by atoms with van der Waals surface area (Å²) in [6.07, 6.45) is 0. The number of hydrogen-bond donors (Lipinski definition) is 1. The minimum atomic E-state index is 0.391. The van der Waals surface area contributed by atoms with E-state index in [9.17, 15) is 0 Å². The summed E-state index contributed by atoms with van der Waals surface area (Å²) in [5.41, 5.74) is 6.59. The molecule has 0 aliphatic heterocycles. The molecule has 2 rings (SSSR count). The summed E-state index contributed by atoms with van der Waals surface area (Å²) < 4.78 is 11.1. The maximum absolute atomic E-state index is 5.78. The van der Waals surface area contributed by atoms with Crippen LogP contribution in [0.5, 0.6) is 5.75 Å². The quantitative estimate of drug-likeness (QED) is 0.907. The first-order valence-corrected chi connectivity index (χ1v) is 5.73. The number of ether oxygens (including phenoxy) is 1. The molecular formula is C13H14ClNO2. The minimum Gasteiger partial charge on any atom is -0.486 e. The molecule has 90 valence electrons. The number of halogens is 1. The molecule has 0 unspecified atom stereocenters. The van der Waals surface area contributed by atoms with Crippen LogP contribution in [0, 0.1) is 6.92 Å². The highest BCUT2D eigenvalue weighted by atomic mass is 35.5. The van der Waals surface area contributed by atoms with Gasteiger partial charge in [0, 0.05) is 17.1 Å². The smallest absolute Gasteiger partial charge is 0.146 e. The average molecular weight is 252 g/mol. The van der Waals surface area contributed by atoms with Crippen molar-refractivity contribution >= 4 is 11.6 Å². The molecule has 2 aromatic rings. The van der Waals surface area contributed by atoms with Crippen LogP contribution < -0.4 is 10.5 Å². The Bertz CT molecular complexity index is 491. The first-order chi connectivity index (χ1) is 8.19. The highest BCUT2D eigenvalue weighted by molar-refractivity contribution is 6.30. The van der Waals surface area contributed by atoms with Gasteiger partial charge in [0.1, 0.15) is 23.9 Å². The van der Waals surface area contributed by atoms with Crippen molar-refractivity contribution in [3.63, 3.8) is 0 Å². The predicted molar refractivity (Wildman–Crippen MR) is 67.1 cm³/mol. The summed E-state index contributed by atoms with van der Waals surface area (Å²) >= 11 is 5.78. The topological polar surface area (TPSA) is 48.4 Å². The summed E-state index contributed by atoms with van der Waals surface area (Å²) in [6.45, 7) is 2.77. The average Bonchev–Trinajstić information content (AvgIpc) is 2.69. The van der Waals surface area contributed by atoms with Crippen molar-refractivity contribution in [3.8, 4) is 5.75 Å². The second-order valence-electron chi connectivity index (χ2n) is 3.74. The Balaban J connectivity index is 1.99. The molecule has 1 heterocycles. The number of hydrogen-bond acceptors (Lipinski definition) is 3. The Hall–Kier alpha value is -1.45. The zero-order valence-electron chi connectivity index (χ0n) is 9.57. The van der Waals surface area contributed by atoms with Crippen LogP contribution in [0.4, 0.5) is 0 Å². The molecule has 0 fully saturated rings. The Morgan fingerprint density at radius 1 is 1.29 bits per heavy atom. The van der Waals surface area contributed by atoms with Crippen LogP contribution in [0.1, 0.15) is 17.1 Å². The van der Waals surface area contributed by atoms with Crippen molar-refractivity contribution in [3.05, 3.63) is 52.4 Å². The largest absolute Gasteiger partial charge is 0.486 e. The molecule has 0 amide bonds. The summed E-state index contributed by atoms with van der Waals surface area (Å²) in [6, 6.07) is 9.14. The van der Waals surface area contributed by atoms with E-state index in [4.69, 9.17) is 26.5 Å². The normalized spacial score (nSPS) is 10.5. The van der Waals surface area contributed by atoms with E-state index in [0.717, 1.165) is 22.8 Å². The first kappa shape index (κ1) is 12.0. The van der Waals surface area contributed by atoms with E-state index >= 15 is 0 Å². The van der Waals surface area contributed by atoms with Crippen molar-refractivity contribution in [1.82, 2.24) is 0 Å². The zero-order valence-corrected chi connectivity index (χ0v) is 10.3. The van der Waals surface area contributed by atoms with Crippen LogP contribution in [0.3, 0.4) is 0 Å². The Morgan fingerprint density at radius 3 is 2.59 bits per heavy atom. The fraction of sp³-hybridized carbons (Fsp3) is 0.231. The lowest BCUT2D eigenvalue weighted by Gasteiger charge is -2.03. The van der Waals surface area contributed by atoms with Gasteiger partial charge in [-0.3, -0.25) is 0 Å². The summed E-state index contributed by atoms with van der Waals surface area (Å²) in [7, 11) is 0. The minimum absolute atomic E-state index is 0.391. The molecule has 1 aromatic heterocycles. The van der Waals surface area contributed by atoms with Gasteiger partial charge in [-0.1, -0.05) is 11.6 Å². The van der Waals surface area contributed by atoms with Gasteiger partial charge in [-0.2, -0.15) is 0 Å². The van der Waals surface area contributed by atoms with E-state index in [2.05, 4.69) is 0 Å². The standard InChI is InChI=1S/C13H14ClNO2/c1-9-10(7-15)6-13(17-9)8-16-12-4-2-11(14)3-5-12/h2-6H,7-8,15H2,1H3. The number of furan rings is 1. The molecule has 3 nitrogen and oxygen atoms in total. The highest BCUT2D eigenvalue weighted by Crippen LogP contribution is 2.19. The molecule has 0 spiro atoms. The molecule has 0 saturated carbocycles. The third-order valence-electron chi connectivity index (χ3n) is 2.49. The summed E-state index contributed by atoms with van der Waals surface area (Å²) in [4.78, 5) is 0. The number of nitrogens with two attached hydrogens (primary N) is 1. The second kappa shape index (κ2) is 5.25. The molecule has 0 atom stereocenters. The summed E-state index contributed by atoms with van der Waals surface area (Å²) in [5, 5.41) is 0.691. The molecule has 4 heteroatoms. The Labute approximate surface area is 105 Å². The monoisotopic (exact) mass is 251 g/mol. The maximum atomic E-state index is 5.78. The maximum Gasteiger partial charge on any atom is 0.146 e. The third kappa shape index (κ3) is 3.02. The van der Waals surface area contributed by atoms with Gasteiger partial charge in [-0.05, 0) is 37.3 Å². The van der Waals surface area contributed by atoms with Gasteiger partial charge in [-0.15, -0.1) is 0 Å². The van der Waals surface area contributed by atoms with Gasteiger partial charge >= 0.3 is 0 Å². The lowest BCUT2D eigenvalue weighted by molar-refractivity contribution is 0.267. The van der Waals surface area contributed by atoms with Crippen molar-refractivity contribution in [2.45, 2.75) is 20.1 Å². The number of aryl methyl sites for hydroxylation is 1. The fourth-order valence-corrected chi connectivity index (χ4v) is 1.67. The van der Waals surface area contributed by atoms with Crippen LogP contribution in [-0.2, 0) is 13.2 Å². The lowest BCUT2D eigenvalue weighted by atomic mass is 10.2. The first-order valence-electron chi connectivity index (χ1n) is 5.35. The van der Waals surface area contributed by atoms with Gasteiger partial charge in [0.25, 0.3) is 0 Å². The van der Waals surface area contributed by atoms with Crippen molar-refractivity contribution < 1.29 is 9.15 Å². The predicted octanol–water partition coefficient (Wildman–Crippen LogP) is 3.28. The van der Waals surface area contributed by atoms with Gasteiger partial charge in [-0.25, -0.2) is 0 Å². The molecule has 0 aliphatic rings. The van der Waals surface area contributed by atoms with Gasteiger partial charge in [0.15, 0.2) is 0 Å². The lowest BCUT2D eigenvalue weighted by Crippen LogP contribution is -1.96. The second-order valence-corrected chi connectivity index (χ2v) is 4.18. The van der Waals surface area contributed by atoms with Crippen molar-refractivity contribution in [2.75, 3.05) is 0 Å². The Morgan fingerprint density at radius 2 is 2.00 bits per heavy atom. The van der Waals surface area contributed by atoms with Gasteiger partial charge < -0.3 is 14.9 Å². The number of benzene rings is 1. The SMILES string of the molecule is Cc1oc(COc2ccc(Cl)cc2)cc1CN. The third-order valence-corrected chi connectivity index (χ3v) is 2.74. The van der Waals surface area contributed by atoms with E-state index in [0.29, 0.717) is 18.2 Å². The molecule has 0 aliphatic carbocycles. The molecular weight excluding hydrogens is 238 g/mol. The molecule has 17 heavy (non-hydrogen) atoms. The number of rotatable bonds is 4. The van der Waals surface area contributed by atoms with Crippen molar-refractivity contribution in [2.24, 2.45) is 5.73 Å². The molecule has 0 radical (unpaired) electrons. The van der Waals surface area contributed by atoms with Gasteiger partial charge in [0.2, 0.25) is 0 Å². The molecule has 0 saturated heterocycles. The molecule has 1 aromatic carbocycles. The van der Waals surface area contributed by atoms with Crippen LogP contribution in [0.15, 0.2) is 34.7 Å². The van der Waals surface area contributed by atoms with E-state index < -0.39 is 0 Å². The Kier molecular flexibility index (Phi) is 3.71. The fourth-order valence-electron chi connectivity index (χ4n) is 1.55. The van der Waals surface area contributed by atoms with Crippen LogP contribution in [0.2, 0.25) is 5.02 Å². The van der Waals surface area contributed by atoms with E-state index in [1.54, 1.807) is 12.1 Å².